The highest BCUT2D eigenvalue weighted by atomic mass is 32.2. The second-order valence-electron chi connectivity index (χ2n) is 9.80. The second-order valence-corrected chi connectivity index (χ2v) is 10.6. The number of hydrogen-bond acceptors (Lipinski definition) is 10. The van der Waals surface area contributed by atoms with Crippen molar-refractivity contribution < 1.29 is 28.8 Å². The maximum absolute atomic E-state index is 13.4. The number of hydrogen-bond donors (Lipinski definition) is 0. The highest BCUT2D eigenvalue weighted by molar-refractivity contribution is 8.16. The number of amides is 1. The van der Waals surface area contributed by atoms with Gasteiger partial charge in [-0.25, -0.2) is 9.79 Å². The first-order valence-electron chi connectivity index (χ1n) is 12.9. The zero-order valence-electron chi connectivity index (χ0n) is 22.4. The van der Waals surface area contributed by atoms with Gasteiger partial charge in [-0.2, -0.15) is 0 Å². The number of thioether (sulfide) groups is 1. The van der Waals surface area contributed by atoms with Gasteiger partial charge >= 0.3 is 11.9 Å². The normalized spacial score (nSPS) is 20.8. The van der Waals surface area contributed by atoms with Crippen LogP contribution in [0.5, 0.6) is 0 Å². The second kappa shape index (κ2) is 12.0. The fourth-order valence-electron chi connectivity index (χ4n) is 4.92. The lowest BCUT2D eigenvalue weighted by molar-refractivity contribution is -0.384. The topological polar surface area (TPSA) is 132 Å². The van der Waals surface area contributed by atoms with Crippen LogP contribution in [0.4, 0.5) is 5.69 Å². The number of non-ortho nitro benzene ring substituents is 1. The number of nitrogens with zero attached hydrogens (tertiary/aromatic N) is 4. The molecule has 11 nitrogen and oxygen atoms in total. The lowest BCUT2D eigenvalue weighted by Crippen LogP contribution is -2.44. The van der Waals surface area contributed by atoms with Gasteiger partial charge in [-0.1, -0.05) is 11.8 Å². The van der Waals surface area contributed by atoms with Crippen molar-refractivity contribution in [3.8, 4) is 0 Å². The molecule has 0 N–H and O–H groups in total. The van der Waals surface area contributed by atoms with Crippen molar-refractivity contribution in [3.63, 3.8) is 0 Å². The van der Waals surface area contributed by atoms with Crippen LogP contribution in [-0.2, 0) is 23.9 Å². The fourth-order valence-corrected chi connectivity index (χ4v) is 5.89. The molecule has 12 heteroatoms. The molecule has 0 aromatic heterocycles. The Morgan fingerprint density at radius 3 is 2.59 bits per heavy atom. The van der Waals surface area contributed by atoms with Gasteiger partial charge in [-0.15, -0.1) is 0 Å². The molecule has 2 atom stereocenters. The Bertz CT molecular complexity index is 1260. The van der Waals surface area contributed by atoms with Gasteiger partial charge in [0, 0.05) is 30.9 Å². The monoisotopic (exact) mass is 556 g/mol. The third-order valence-electron chi connectivity index (χ3n) is 6.71. The summed E-state index contributed by atoms with van der Waals surface area (Å²) >= 11 is 1.35. The van der Waals surface area contributed by atoms with E-state index in [1.165, 1.54) is 23.9 Å². The molecule has 208 valence electrons. The van der Waals surface area contributed by atoms with E-state index in [0.29, 0.717) is 60.2 Å². The van der Waals surface area contributed by atoms with Crippen LogP contribution in [0, 0.1) is 16.0 Å². The van der Waals surface area contributed by atoms with E-state index >= 15 is 0 Å². The first-order chi connectivity index (χ1) is 18.6. The first kappa shape index (κ1) is 28.3. The molecule has 0 spiro atoms. The minimum atomic E-state index is -0.688. The van der Waals surface area contributed by atoms with Crippen LogP contribution in [-0.4, -0.2) is 63.5 Å². The third kappa shape index (κ3) is 6.16. The molecule has 1 saturated heterocycles. The molecule has 0 radical (unpaired) electrons. The molecule has 1 fully saturated rings. The number of esters is 2. The number of carbonyl (C=O) groups is 3. The summed E-state index contributed by atoms with van der Waals surface area (Å²) in [4.78, 5) is 57.9. The smallest absolute Gasteiger partial charge is 0.338 e. The van der Waals surface area contributed by atoms with Crippen LogP contribution in [0.3, 0.4) is 0 Å². The lowest BCUT2D eigenvalue weighted by atomic mass is 9.93. The van der Waals surface area contributed by atoms with Crippen LogP contribution in [0.15, 0.2) is 51.6 Å². The summed E-state index contributed by atoms with van der Waals surface area (Å²) in [6, 6.07) is 5.31. The Hall–Kier alpha value is -3.67. The number of carbonyl (C=O) groups excluding carboxylic acids is 3. The molecule has 1 aromatic rings. The van der Waals surface area contributed by atoms with Crippen molar-refractivity contribution in [1.29, 1.82) is 0 Å². The summed E-state index contributed by atoms with van der Waals surface area (Å²) in [5.74, 6) is -1.32. The molecule has 0 bridgehead atoms. The molecule has 1 amide bonds. The molecule has 0 saturated carbocycles. The summed E-state index contributed by atoms with van der Waals surface area (Å²) in [5.41, 5.74) is 2.00. The quantitative estimate of drug-likeness (QED) is 0.261. The zero-order chi connectivity index (χ0) is 28.3. The molecule has 1 aromatic carbocycles. The van der Waals surface area contributed by atoms with E-state index in [9.17, 15) is 24.5 Å². The summed E-state index contributed by atoms with van der Waals surface area (Å²) in [5, 5.41) is 13.7. The summed E-state index contributed by atoms with van der Waals surface area (Å²) in [6.07, 6.45) is 1.06. The number of allylic oxidation sites excluding steroid dienone is 1. The van der Waals surface area contributed by atoms with Gasteiger partial charge in [0.05, 0.1) is 47.3 Å². The predicted molar refractivity (Wildman–Crippen MR) is 145 cm³/mol. The number of rotatable bonds is 8. The summed E-state index contributed by atoms with van der Waals surface area (Å²) in [6.45, 7) is 8.14. The largest absolute Gasteiger partial charge is 0.466 e. The number of ether oxygens (including phenoxy) is 2. The van der Waals surface area contributed by atoms with Crippen LogP contribution in [0.25, 0.3) is 0 Å². The molecule has 0 aliphatic carbocycles. The van der Waals surface area contributed by atoms with E-state index < -0.39 is 16.9 Å². The number of likely N-dealkylation sites (tertiary alicyclic amines) is 1. The first-order valence-corrected chi connectivity index (χ1v) is 13.8. The fraction of sp³-hybridized carbons (Fsp3) is 0.481. The maximum atomic E-state index is 13.4. The number of amidine groups is 1. The minimum Gasteiger partial charge on any atom is -0.466 e. The lowest BCUT2D eigenvalue weighted by Gasteiger charge is -2.37. The van der Waals surface area contributed by atoms with Crippen LogP contribution >= 0.6 is 11.8 Å². The Morgan fingerprint density at radius 2 is 1.95 bits per heavy atom. The van der Waals surface area contributed by atoms with Crippen molar-refractivity contribution in [1.82, 2.24) is 9.80 Å². The number of benzene rings is 1. The number of fused-ring (bicyclic) bond motifs is 1. The van der Waals surface area contributed by atoms with E-state index in [0.717, 1.165) is 0 Å². The van der Waals surface area contributed by atoms with E-state index in [2.05, 4.69) is 4.99 Å². The minimum absolute atomic E-state index is 0.0383. The number of nitro benzene ring substituents is 1. The van der Waals surface area contributed by atoms with Gasteiger partial charge in [0.15, 0.2) is 5.17 Å². The Balaban J connectivity index is 1.63. The van der Waals surface area contributed by atoms with E-state index in [1.54, 1.807) is 44.7 Å². The Morgan fingerprint density at radius 1 is 1.23 bits per heavy atom. The van der Waals surface area contributed by atoms with Crippen molar-refractivity contribution in [3.05, 3.63) is 62.3 Å². The van der Waals surface area contributed by atoms with E-state index in [-0.39, 0.29) is 36.0 Å². The van der Waals surface area contributed by atoms with E-state index in [4.69, 9.17) is 9.47 Å². The van der Waals surface area contributed by atoms with Crippen LogP contribution in [0.1, 0.15) is 58.6 Å². The molecule has 0 unspecified atom stereocenters. The standard InChI is InChI=1S/C27H32N4O7S/c1-5-37-25(33)19-7-6-12-29(14-19)22(32)13-21-15-39-27-28-17(4)23(26(34)38-16(2)3)24(30(21)27)18-8-10-20(11-9-18)31(35)36/h8-11,15-16,19,24H,5-7,12-14H2,1-4H3/t19-,24-/m0/s1. The van der Waals surface area contributed by atoms with Crippen LogP contribution < -0.4 is 0 Å². The highest BCUT2D eigenvalue weighted by Gasteiger charge is 2.42. The molecule has 3 heterocycles. The number of piperidine rings is 1. The Kier molecular flexibility index (Phi) is 8.73. The average Bonchev–Trinajstić information content (AvgIpc) is 3.29. The van der Waals surface area contributed by atoms with Gasteiger partial charge in [-0.05, 0) is 63.6 Å². The molecule has 3 aliphatic heterocycles. The average molecular weight is 557 g/mol. The molecular weight excluding hydrogens is 524 g/mol. The third-order valence-corrected chi connectivity index (χ3v) is 7.60. The predicted octanol–water partition coefficient (Wildman–Crippen LogP) is 4.31. The molecular formula is C27H32N4O7S. The van der Waals surface area contributed by atoms with Crippen LogP contribution in [0.2, 0.25) is 0 Å². The molecule has 4 rings (SSSR count). The number of nitro groups is 1. The van der Waals surface area contributed by atoms with Gasteiger partial charge in [0.25, 0.3) is 5.69 Å². The summed E-state index contributed by atoms with van der Waals surface area (Å²) in [7, 11) is 0. The Labute approximate surface area is 231 Å². The van der Waals surface area contributed by atoms with E-state index in [1.807, 2.05) is 10.3 Å². The molecule has 3 aliphatic rings. The van der Waals surface area contributed by atoms with Gasteiger partial charge in [-0.3, -0.25) is 19.7 Å². The van der Waals surface area contributed by atoms with Crippen molar-refractivity contribution in [2.75, 3.05) is 19.7 Å². The van der Waals surface area contributed by atoms with Gasteiger partial charge in [0.1, 0.15) is 0 Å². The molecule has 39 heavy (non-hydrogen) atoms. The summed E-state index contributed by atoms with van der Waals surface area (Å²) < 4.78 is 10.7. The van der Waals surface area contributed by atoms with Gasteiger partial charge < -0.3 is 19.3 Å². The van der Waals surface area contributed by atoms with Gasteiger partial charge in [0.2, 0.25) is 5.91 Å². The maximum Gasteiger partial charge on any atom is 0.338 e. The van der Waals surface area contributed by atoms with Crippen molar-refractivity contribution in [2.45, 2.75) is 59.1 Å². The zero-order valence-corrected chi connectivity index (χ0v) is 23.2. The van der Waals surface area contributed by atoms with Crippen molar-refractivity contribution >= 4 is 40.5 Å². The highest BCUT2D eigenvalue weighted by Crippen LogP contribution is 2.45. The van der Waals surface area contributed by atoms with Crippen molar-refractivity contribution in [2.24, 2.45) is 10.9 Å². The SMILES string of the molecule is CCOC(=O)[C@H]1CCCN(C(=O)CC2=CSC3=NC(C)=C(C(=O)OC(C)C)[C@H](c4ccc([N+](=O)[O-])cc4)N23)C1. The number of aliphatic imine (C=N–C) groups is 1.